The number of halogens is 1. The minimum atomic E-state index is 0.0103. The zero-order chi connectivity index (χ0) is 14.3. The van der Waals surface area contributed by atoms with Crippen molar-refractivity contribution in [1.82, 2.24) is 15.3 Å². The SMILES string of the molecule is CCCc1nc(Br)cc(N(CC)CC(=O)NCC)n1. The van der Waals surface area contributed by atoms with Crippen LogP contribution in [0.5, 0.6) is 0 Å². The summed E-state index contributed by atoms with van der Waals surface area (Å²) in [6.45, 7) is 7.70. The number of aromatic nitrogens is 2. The number of nitrogens with one attached hydrogen (secondary N) is 1. The Morgan fingerprint density at radius 2 is 2.11 bits per heavy atom. The second-order valence-electron chi connectivity index (χ2n) is 4.18. The van der Waals surface area contributed by atoms with E-state index in [9.17, 15) is 4.79 Å². The molecule has 0 aliphatic rings. The first kappa shape index (κ1) is 15.9. The Morgan fingerprint density at radius 1 is 1.37 bits per heavy atom. The highest BCUT2D eigenvalue weighted by Gasteiger charge is 2.12. The molecule has 0 aromatic carbocycles. The van der Waals surface area contributed by atoms with Gasteiger partial charge in [-0.15, -0.1) is 0 Å². The first-order chi connectivity index (χ1) is 9.10. The topological polar surface area (TPSA) is 58.1 Å². The van der Waals surface area contributed by atoms with E-state index in [2.05, 4.69) is 38.1 Å². The monoisotopic (exact) mass is 328 g/mol. The molecule has 0 saturated carbocycles. The second kappa shape index (κ2) is 8.09. The van der Waals surface area contributed by atoms with Gasteiger partial charge in [0.25, 0.3) is 0 Å². The third kappa shape index (κ3) is 5.14. The minimum Gasteiger partial charge on any atom is -0.355 e. The molecule has 0 unspecified atom stereocenters. The number of amides is 1. The van der Waals surface area contributed by atoms with Gasteiger partial charge in [-0.3, -0.25) is 4.79 Å². The van der Waals surface area contributed by atoms with E-state index in [0.29, 0.717) is 13.1 Å². The molecule has 1 heterocycles. The zero-order valence-corrected chi connectivity index (χ0v) is 13.3. The van der Waals surface area contributed by atoms with Crippen LogP contribution in [-0.2, 0) is 11.2 Å². The fourth-order valence-electron chi connectivity index (χ4n) is 1.73. The highest BCUT2D eigenvalue weighted by atomic mass is 79.9. The number of likely N-dealkylation sites (N-methyl/N-ethyl adjacent to an activating group) is 2. The van der Waals surface area contributed by atoms with Crippen LogP contribution in [0, 0.1) is 0 Å². The number of carbonyl (C=O) groups excluding carboxylic acids is 1. The lowest BCUT2D eigenvalue weighted by Gasteiger charge is -2.21. The fraction of sp³-hybridized carbons (Fsp3) is 0.615. The Kier molecular flexibility index (Phi) is 6.77. The molecule has 0 aliphatic heterocycles. The van der Waals surface area contributed by atoms with Crippen LogP contribution in [0.15, 0.2) is 10.7 Å². The van der Waals surface area contributed by atoms with E-state index in [0.717, 1.165) is 35.6 Å². The molecule has 0 spiro atoms. The summed E-state index contributed by atoms with van der Waals surface area (Å²) < 4.78 is 0.760. The summed E-state index contributed by atoms with van der Waals surface area (Å²) in [5, 5.41) is 2.80. The van der Waals surface area contributed by atoms with Gasteiger partial charge in [-0.1, -0.05) is 6.92 Å². The van der Waals surface area contributed by atoms with Gasteiger partial charge in [-0.25, -0.2) is 9.97 Å². The number of hydrogen-bond donors (Lipinski definition) is 1. The first-order valence-corrected chi connectivity index (χ1v) is 7.45. The molecule has 1 N–H and O–H groups in total. The van der Waals surface area contributed by atoms with Crippen molar-refractivity contribution in [1.29, 1.82) is 0 Å². The van der Waals surface area contributed by atoms with Crippen LogP contribution in [0.4, 0.5) is 5.82 Å². The quantitative estimate of drug-likeness (QED) is 0.779. The van der Waals surface area contributed by atoms with Gasteiger partial charge in [0, 0.05) is 25.6 Å². The Bertz CT molecular complexity index is 425. The summed E-state index contributed by atoms with van der Waals surface area (Å²) in [6, 6.07) is 1.85. The van der Waals surface area contributed by atoms with Gasteiger partial charge in [0.1, 0.15) is 16.2 Å². The molecule has 5 nitrogen and oxygen atoms in total. The molecule has 0 bridgehead atoms. The van der Waals surface area contributed by atoms with Crippen LogP contribution in [0.1, 0.15) is 33.0 Å². The molecule has 106 valence electrons. The second-order valence-corrected chi connectivity index (χ2v) is 5.00. The maximum atomic E-state index is 11.7. The van der Waals surface area contributed by atoms with Crippen molar-refractivity contribution < 1.29 is 4.79 Å². The van der Waals surface area contributed by atoms with Gasteiger partial charge in [-0.2, -0.15) is 0 Å². The minimum absolute atomic E-state index is 0.0103. The van der Waals surface area contributed by atoms with Gasteiger partial charge in [0.2, 0.25) is 5.91 Å². The van der Waals surface area contributed by atoms with Gasteiger partial charge in [0.05, 0.1) is 6.54 Å². The number of anilines is 1. The van der Waals surface area contributed by atoms with Gasteiger partial charge >= 0.3 is 0 Å². The van der Waals surface area contributed by atoms with Crippen LogP contribution >= 0.6 is 15.9 Å². The van der Waals surface area contributed by atoms with Crippen molar-refractivity contribution in [3.8, 4) is 0 Å². The molecule has 1 rings (SSSR count). The van der Waals surface area contributed by atoms with Crippen LogP contribution in [-0.4, -0.2) is 35.5 Å². The Hall–Kier alpha value is -1.17. The van der Waals surface area contributed by atoms with E-state index in [-0.39, 0.29) is 5.91 Å². The average Bonchev–Trinajstić information content (AvgIpc) is 2.36. The number of hydrogen-bond acceptors (Lipinski definition) is 4. The van der Waals surface area contributed by atoms with Crippen molar-refractivity contribution in [2.24, 2.45) is 0 Å². The summed E-state index contributed by atoms with van der Waals surface area (Å²) in [6.07, 6.45) is 1.84. The molecule has 6 heteroatoms. The van der Waals surface area contributed by atoms with Crippen LogP contribution in [0.2, 0.25) is 0 Å². The van der Waals surface area contributed by atoms with Gasteiger partial charge < -0.3 is 10.2 Å². The van der Waals surface area contributed by atoms with Crippen molar-refractivity contribution in [2.45, 2.75) is 33.6 Å². The molecule has 0 aliphatic carbocycles. The molecule has 1 amide bonds. The van der Waals surface area contributed by atoms with E-state index in [1.165, 1.54) is 0 Å². The molecule has 0 fully saturated rings. The largest absolute Gasteiger partial charge is 0.355 e. The number of aryl methyl sites for hydroxylation is 1. The zero-order valence-electron chi connectivity index (χ0n) is 11.7. The number of rotatable bonds is 7. The summed E-state index contributed by atoms with van der Waals surface area (Å²) >= 11 is 3.40. The van der Waals surface area contributed by atoms with Crippen molar-refractivity contribution in [3.05, 3.63) is 16.5 Å². The van der Waals surface area contributed by atoms with Crippen LogP contribution in [0.3, 0.4) is 0 Å². The third-order valence-electron chi connectivity index (χ3n) is 2.62. The summed E-state index contributed by atoms with van der Waals surface area (Å²) in [5.74, 6) is 1.61. The molecule has 0 atom stereocenters. The maximum absolute atomic E-state index is 11.7. The predicted molar refractivity (Wildman–Crippen MR) is 80.3 cm³/mol. The average molecular weight is 329 g/mol. The lowest BCUT2D eigenvalue weighted by atomic mass is 10.3. The molecule has 1 aromatic rings. The van der Waals surface area contributed by atoms with Crippen LogP contribution < -0.4 is 10.2 Å². The van der Waals surface area contributed by atoms with Crippen molar-refractivity contribution in [2.75, 3.05) is 24.5 Å². The highest BCUT2D eigenvalue weighted by Crippen LogP contribution is 2.17. The lowest BCUT2D eigenvalue weighted by Crippen LogP contribution is -2.37. The third-order valence-corrected chi connectivity index (χ3v) is 3.02. The fourth-order valence-corrected chi connectivity index (χ4v) is 2.14. The molecular weight excluding hydrogens is 308 g/mol. The maximum Gasteiger partial charge on any atom is 0.239 e. The number of nitrogens with zero attached hydrogens (tertiary/aromatic N) is 3. The van der Waals surface area contributed by atoms with Crippen molar-refractivity contribution >= 4 is 27.7 Å². The Morgan fingerprint density at radius 3 is 2.68 bits per heavy atom. The van der Waals surface area contributed by atoms with Gasteiger partial charge in [0.15, 0.2) is 0 Å². The standard InChI is InChI=1S/C13H21BrN4O/c1-4-7-11-16-10(14)8-12(17-11)18(6-3)9-13(19)15-5-2/h8H,4-7,9H2,1-3H3,(H,15,19). The summed E-state index contributed by atoms with van der Waals surface area (Å²) in [4.78, 5) is 22.5. The van der Waals surface area contributed by atoms with E-state index < -0.39 is 0 Å². The van der Waals surface area contributed by atoms with Gasteiger partial charge in [-0.05, 0) is 36.2 Å². The molecule has 0 saturated heterocycles. The summed E-state index contributed by atoms with van der Waals surface area (Å²) in [7, 11) is 0. The van der Waals surface area contributed by atoms with E-state index in [1.54, 1.807) is 0 Å². The van der Waals surface area contributed by atoms with E-state index in [4.69, 9.17) is 0 Å². The molecule has 1 aromatic heterocycles. The molecule has 19 heavy (non-hydrogen) atoms. The molecular formula is C13H21BrN4O. The first-order valence-electron chi connectivity index (χ1n) is 6.65. The normalized spacial score (nSPS) is 10.3. The lowest BCUT2D eigenvalue weighted by molar-refractivity contribution is -0.119. The number of carbonyl (C=O) groups is 1. The smallest absolute Gasteiger partial charge is 0.239 e. The van der Waals surface area contributed by atoms with E-state index in [1.807, 2.05) is 24.8 Å². The Balaban J connectivity index is 2.87. The van der Waals surface area contributed by atoms with E-state index >= 15 is 0 Å². The summed E-state index contributed by atoms with van der Waals surface area (Å²) in [5.41, 5.74) is 0. The van der Waals surface area contributed by atoms with Crippen molar-refractivity contribution in [3.63, 3.8) is 0 Å². The predicted octanol–water partition coefficient (Wildman–Crippen LogP) is 2.15. The molecule has 0 radical (unpaired) electrons. The Labute approximate surface area is 122 Å². The highest BCUT2D eigenvalue weighted by molar-refractivity contribution is 9.10. The van der Waals surface area contributed by atoms with Crippen LogP contribution in [0.25, 0.3) is 0 Å².